The number of methoxy groups -OCH3 is 1. The van der Waals surface area contributed by atoms with Gasteiger partial charge in [-0.05, 0) is 6.42 Å². The summed E-state index contributed by atoms with van der Waals surface area (Å²) in [6.45, 7) is 1.97. The minimum atomic E-state index is -0.885. The minimum absolute atomic E-state index is 0.0488. The zero-order valence-corrected chi connectivity index (χ0v) is 9.69. The first-order chi connectivity index (χ1) is 8.10. The molecule has 94 valence electrons. The maximum Gasteiger partial charge on any atom is 0.308 e. The number of H-pyrrole nitrogens is 1. The lowest BCUT2D eigenvalue weighted by Gasteiger charge is -2.12. The van der Waals surface area contributed by atoms with Crippen LogP contribution < -0.4 is 15.6 Å². The monoisotopic (exact) mass is 241 g/mol. The molecule has 1 heterocycles. The van der Waals surface area contributed by atoms with Gasteiger partial charge in [-0.15, -0.1) is 0 Å². The summed E-state index contributed by atoms with van der Waals surface area (Å²) in [4.78, 5) is 28.4. The highest BCUT2D eigenvalue weighted by Crippen LogP contribution is 2.15. The smallest absolute Gasteiger partial charge is 0.308 e. The van der Waals surface area contributed by atoms with Crippen LogP contribution in [-0.2, 0) is 4.79 Å². The van der Waals surface area contributed by atoms with E-state index < -0.39 is 17.4 Å². The van der Waals surface area contributed by atoms with E-state index in [1.807, 2.05) is 0 Å². The summed E-state index contributed by atoms with van der Waals surface area (Å²) in [6, 6.07) is 0. The molecule has 3 N–H and O–H groups in total. The molecule has 0 spiro atoms. The van der Waals surface area contributed by atoms with Gasteiger partial charge in [0.1, 0.15) is 0 Å². The number of hydrogen-bond donors (Lipinski definition) is 3. The van der Waals surface area contributed by atoms with E-state index in [4.69, 9.17) is 9.84 Å². The summed E-state index contributed by atoms with van der Waals surface area (Å²) in [5.41, 5.74) is -0.409. The molecule has 1 unspecified atom stereocenters. The minimum Gasteiger partial charge on any atom is -0.489 e. The van der Waals surface area contributed by atoms with Gasteiger partial charge in [0.15, 0.2) is 5.82 Å². The Kier molecular flexibility index (Phi) is 4.50. The quantitative estimate of drug-likeness (QED) is 0.661. The van der Waals surface area contributed by atoms with Crippen molar-refractivity contribution in [1.29, 1.82) is 0 Å². The van der Waals surface area contributed by atoms with Crippen molar-refractivity contribution in [3.8, 4) is 5.75 Å². The number of aromatic amines is 1. The van der Waals surface area contributed by atoms with Crippen LogP contribution in [0.15, 0.2) is 11.1 Å². The number of aliphatic carboxylic acids is 1. The Morgan fingerprint density at radius 1 is 1.71 bits per heavy atom. The van der Waals surface area contributed by atoms with Gasteiger partial charge >= 0.3 is 5.97 Å². The Hall–Kier alpha value is -2.05. The van der Waals surface area contributed by atoms with Crippen LogP contribution >= 0.6 is 0 Å². The predicted molar refractivity (Wildman–Crippen MR) is 61.3 cm³/mol. The van der Waals surface area contributed by atoms with Gasteiger partial charge in [0.2, 0.25) is 5.75 Å². The Morgan fingerprint density at radius 2 is 2.41 bits per heavy atom. The molecular formula is C10H15N3O4. The van der Waals surface area contributed by atoms with Crippen molar-refractivity contribution in [3.63, 3.8) is 0 Å². The Labute approximate surface area is 97.8 Å². The first-order valence-corrected chi connectivity index (χ1v) is 5.18. The normalized spacial score (nSPS) is 11.9. The Balaban J connectivity index is 2.78. The molecule has 7 heteroatoms. The molecule has 1 aromatic heterocycles. The van der Waals surface area contributed by atoms with E-state index in [-0.39, 0.29) is 18.1 Å². The molecule has 0 amide bonds. The third-order valence-corrected chi connectivity index (χ3v) is 2.37. The highest BCUT2D eigenvalue weighted by Gasteiger charge is 2.16. The Bertz CT molecular complexity index is 443. The molecule has 1 aromatic rings. The number of carboxylic acids is 1. The van der Waals surface area contributed by atoms with Crippen molar-refractivity contribution in [2.24, 2.45) is 5.92 Å². The van der Waals surface area contributed by atoms with Crippen LogP contribution in [-0.4, -0.2) is 34.7 Å². The Morgan fingerprint density at radius 3 is 2.94 bits per heavy atom. The molecule has 0 saturated heterocycles. The number of carboxylic acid groups (broad SMARTS) is 1. The summed E-state index contributed by atoms with van der Waals surface area (Å²) >= 11 is 0. The topological polar surface area (TPSA) is 104 Å². The number of nitrogens with zero attached hydrogens (tertiary/aromatic N) is 1. The van der Waals surface area contributed by atoms with Crippen LogP contribution in [0.2, 0.25) is 0 Å². The van der Waals surface area contributed by atoms with E-state index in [1.165, 1.54) is 13.4 Å². The van der Waals surface area contributed by atoms with Gasteiger partial charge in [-0.3, -0.25) is 9.59 Å². The van der Waals surface area contributed by atoms with E-state index in [1.54, 1.807) is 6.92 Å². The number of nitrogens with one attached hydrogen (secondary N) is 2. The highest BCUT2D eigenvalue weighted by molar-refractivity contribution is 5.70. The highest BCUT2D eigenvalue weighted by atomic mass is 16.5. The van der Waals surface area contributed by atoms with E-state index in [2.05, 4.69) is 15.3 Å². The third-order valence-electron chi connectivity index (χ3n) is 2.37. The predicted octanol–water partition coefficient (Wildman–Crippen LogP) is 0.301. The summed E-state index contributed by atoms with van der Waals surface area (Å²) in [7, 11) is 1.35. The number of rotatable bonds is 6. The van der Waals surface area contributed by atoms with Gasteiger partial charge in [0, 0.05) is 6.54 Å². The average Bonchev–Trinajstić information content (AvgIpc) is 2.29. The van der Waals surface area contributed by atoms with Gasteiger partial charge in [-0.2, -0.15) is 0 Å². The van der Waals surface area contributed by atoms with E-state index >= 15 is 0 Å². The largest absolute Gasteiger partial charge is 0.489 e. The summed E-state index contributed by atoms with van der Waals surface area (Å²) in [5.74, 6) is -1.12. The molecule has 1 rings (SSSR count). The van der Waals surface area contributed by atoms with Gasteiger partial charge in [0.25, 0.3) is 5.56 Å². The first-order valence-electron chi connectivity index (χ1n) is 5.18. The fraction of sp³-hybridized carbons (Fsp3) is 0.500. The second-order valence-corrected chi connectivity index (χ2v) is 3.44. The third kappa shape index (κ3) is 3.20. The van der Waals surface area contributed by atoms with Crippen LogP contribution in [0, 0.1) is 5.92 Å². The number of carbonyl (C=O) groups is 1. The summed E-state index contributed by atoms with van der Waals surface area (Å²) < 4.78 is 4.89. The van der Waals surface area contributed by atoms with E-state index in [9.17, 15) is 9.59 Å². The van der Waals surface area contributed by atoms with Gasteiger partial charge in [-0.25, -0.2) is 4.98 Å². The number of anilines is 1. The molecule has 0 saturated carbocycles. The average molecular weight is 241 g/mol. The zero-order valence-electron chi connectivity index (χ0n) is 9.69. The molecule has 0 aliphatic carbocycles. The molecular weight excluding hydrogens is 226 g/mol. The van der Waals surface area contributed by atoms with Crippen LogP contribution in [0.4, 0.5) is 5.82 Å². The molecule has 0 radical (unpaired) electrons. The van der Waals surface area contributed by atoms with Crippen LogP contribution in [0.1, 0.15) is 13.3 Å². The fourth-order valence-electron chi connectivity index (χ4n) is 1.33. The molecule has 7 nitrogen and oxygen atoms in total. The van der Waals surface area contributed by atoms with Crippen molar-refractivity contribution in [3.05, 3.63) is 16.7 Å². The molecule has 0 bridgehead atoms. The van der Waals surface area contributed by atoms with Crippen molar-refractivity contribution in [2.75, 3.05) is 19.0 Å². The van der Waals surface area contributed by atoms with Crippen LogP contribution in [0.25, 0.3) is 0 Å². The molecule has 17 heavy (non-hydrogen) atoms. The number of ether oxygens (including phenoxy) is 1. The second-order valence-electron chi connectivity index (χ2n) is 3.44. The maximum absolute atomic E-state index is 11.3. The van der Waals surface area contributed by atoms with Crippen LogP contribution in [0.3, 0.4) is 0 Å². The second kappa shape index (κ2) is 5.88. The first kappa shape index (κ1) is 13.0. The fourth-order valence-corrected chi connectivity index (χ4v) is 1.33. The lowest BCUT2D eigenvalue weighted by molar-refractivity contribution is -0.141. The standard InChI is InChI=1S/C10H15N3O4/c1-3-6(10(15)16)4-11-8-7(17-2)9(14)13-5-12-8/h5-6H,3-4H2,1-2H3,(H,15,16)(H2,11,12,13,14). The summed E-state index contributed by atoms with van der Waals surface area (Å²) in [6.07, 6.45) is 1.72. The SMILES string of the molecule is CCC(CNc1nc[nH]c(=O)c1OC)C(=O)O. The molecule has 1 atom stereocenters. The summed E-state index contributed by atoms with van der Waals surface area (Å²) in [5, 5.41) is 11.7. The molecule has 0 aliphatic heterocycles. The lowest BCUT2D eigenvalue weighted by Crippen LogP contribution is -2.23. The van der Waals surface area contributed by atoms with Gasteiger partial charge in [0.05, 0.1) is 19.4 Å². The van der Waals surface area contributed by atoms with Gasteiger partial charge in [-0.1, -0.05) is 6.92 Å². The number of aromatic nitrogens is 2. The van der Waals surface area contributed by atoms with Crippen molar-refractivity contribution < 1.29 is 14.6 Å². The number of hydrogen-bond acceptors (Lipinski definition) is 5. The van der Waals surface area contributed by atoms with Crippen LogP contribution in [0.5, 0.6) is 5.75 Å². The van der Waals surface area contributed by atoms with Gasteiger partial charge < -0.3 is 20.1 Å². The van der Waals surface area contributed by atoms with Crippen molar-refractivity contribution in [2.45, 2.75) is 13.3 Å². The molecule has 0 fully saturated rings. The lowest BCUT2D eigenvalue weighted by atomic mass is 10.1. The molecule has 0 aliphatic rings. The maximum atomic E-state index is 11.3. The zero-order chi connectivity index (χ0) is 12.8. The van der Waals surface area contributed by atoms with E-state index in [0.29, 0.717) is 6.42 Å². The van der Waals surface area contributed by atoms with Crippen molar-refractivity contribution in [1.82, 2.24) is 9.97 Å². The molecule has 0 aromatic carbocycles. The van der Waals surface area contributed by atoms with E-state index in [0.717, 1.165) is 0 Å². The van der Waals surface area contributed by atoms with Crippen molar-refractivity contribution >= 4 is 11.8 Å².